The zero-order valence-electron chi connectivity index (χ0n) is 12.0. The van der Waals surface area contributed by atoms with Crippen molar-refractivity contribution in [1.82, 2.24) is 4.98 Å². The minimum Gasteiger partial charge on any atom is -0.398 e. The van der Waals surface area contributed by atoms with Crippen molar-refractivity contribution in [3.8, 4) is 11.1 Å². The quantitative estimate of drug-likeness (QED) is 0.817. The molecule has 1 aromatic carbocycles. The number of hydrogen-bond donors (Lipinski definition) is 1. The van der Waals surface area contributed by atoms with E-state index in [9.17, 15) is 8.42 Å². The van der Waals surface area contributed by atoms with Gasteiger partial charge in [0.2, 0.25) is 10.0 Å². The highest BCUT2D eigenvalue weighted by Gasteiger charge is 2.27. The van der Waals surface area contributed by atoms with Crippen LogP contribution in [0.1, 0.15) is 11.3 Å². The summed E-state index contributed by atoms with van der Waals surface area (Å²) in [5.74, 6) is 0.134. The van der Waals surface area contributed by atoms with Crippen molar-refractivity contribution in [1.29, 1.82) is 0 Å². The molecule has 1 aromatic heterocycles. The predicted molar refractivity (Wildman–Crippen MR) is 84.7 cm³/mol. The van der Waals surface area contributed by atoms with Crippen molar-refractivity contribution in [3.63, 3.8) is 0 Å². The van der Waals surface area contributed by atoms with E-state index in [4.69, 9.17) is 5.73 Å². The van der Waals surface area contributed by atoms with Gasteiger partial charge in [-0.2, -0.15) is 0 Å². The van der Waals surface area contributed by atoms with Crippen molar-refractivity contribution >= 4 is 21.4 Å². The molecule has 6 heteroatoms. The van der Waals surface area contributed by atoms with Gasteiger partial charge in [0.1, 0.15) is 0 Å². The highest BCUT2D eigenvalue weighted by molar-refractivity contribution is 7.92. The van der Waals surface area contributed by atoms with Crippen molar-refractivity contribution in [3.05, 3.63) is 41.7 Å². The van der Waals surface area contributed by atoms with Gasteiger partial charge in [-0.15, -0.1) is 0 Å². The van der Waals surface area contributed by atoms with E-state index in [1.165, 1.54) is 4.31 Å². The third kappa shape index (κ3) is 2.35. The van der Waals surface area contributed by atoms with Crippen LogP contribution < -0.4 is 10.0 Å². The molecule has 1 aliphatic heterocycles. The highest BCUT2D eigenvalue weighted by Crippen LogP contribution is 2.36. The van der Waals surface area contributed by atoms with Crippen LogP contribution in [0.15, 0.2) is 30.5 Å². The molecule has 0 atom stereocenters. The second-order valence-corrected chi connectivity index (χ2v) is 7.41. The summed E-state index contributed by atoms with van der Waals surface area (Å²) in [5.41, 5.74) is 11.2. The van der Waals surface area contributed by atoms with Crippen molar-refractivity contribution in [2.24, 2.45) is 0 Å². The fourth-order valence-corrected chi connectivity index (χ4v) is 3.85. The first-order chi connectivity index (χ1) is 9.88. The molecule has 2 N–H and O–H groups in total. The van der Waals surface area contributed by atoms with Gasteiger partial charge in [0.05, 0.1) is 11.4 Å². The van der Waals surface area contributed by atoms with Gasteiger partial charge in [-0.25, -0.2) is 8.42 Å². The lowest BCUT2D eigenvalue weighted by molar-refractivity contribution is 0.591. The number of nitrogens with two attached hydrogens (primary N) is 1. The average molecular weight is 303 g/mol. The van der Waals surface area contributed by atoms with E-state index < -0.39 is 10.0 Å². The largest absolute Gasteiger partial charge is 0.398 e. The molecular weight excluding hydrogens is 286 g/mol. The number of nitrogen functional groups attached to an aromatic ring is 1. The first-order valence-corrected chi connectivity index (χ1v) is 8.31. The Hall–Kier alpha value is -2.08. The van der Waals surface area contributed by atoms with Crippen LogP contribution >= 0.6 is 0 Å². The molecule has 5 nitrogen and oxygen atoms in total. The third-order valence-corrected chi connectivity index (χ3v) is 5.60. The summed E-state index contributed by atoms with van der Waals surface area (Å²) < 4.78 is 25.2. The summed E-state index contributed by atoms with van der Waals surface area (Å²) in [6.45, 7) is 1.93. The Morgan fingerprint density at radius 2 is 2.05 bits per heavy atom. The topological polar surface area (TPSA) is 76.3 Å². The molecule has 2 heterocycles. The van der Waals surface area contributed by atoms with E-state index in [-0.39, 0.29) is 5.75 Å². The molecule has 0 aliphatic carbocycles. The van der Waals surface area contributed by atoms with Gasteiger partial charge in [0, 0.05) is 30.2 Å². The van der Waals surface area contributed by atoms with Gasteiger partial charge in [-0.05, 0) is 48.7 Å². The van der Waals surface area contributed by atoms with E-state index in [1.807, 2.05) is 25.1 Å². The molecule has 21 heavy (non-hydrogen) atoms. The van der Waals surface area contributed by atoms with Crippen LogP contribution in [0.4, 0.5) is 11.4 Å². The summed E-state index contributed by atoms with van der Waals surface area (Å²) in [6.07, 6.45) is 2.26. The summed E-state index contributed by atoms with van der Waals surface area (Å²) in [7, 11) is -1.64. The third-order valence-electron chi connectivity index (χ3n) is 3.84. The van der Waals surface area contributed by atoms with Crippen LogP contribution in [0.2, 0.25) is 0 Å². The molecular formula is C15H17N3O2S. The molecule has 0 radical (unpaired) electrons. The van der Waals surface area contributed by atoms with Crippen molar-refractivity contribution in [2.45, 2.75) is 13.3 Å². The zero-order valence-corrected chi connectivity index (χ0v) is 12.8. The smallest absolute Gasteiger partial charge is 0.235 e. The summed E-state index contributed by atoms with van der Waals surface area (Å²) in [4.78, 5) is 4.19. The normalized spacial score (nSPS) is 16.6. The lowest BCUT2D eigenvalue weighted by Crippen LogP contribution is -2.34. The number of anilines is 2. The SMILES string of the molecule is Cc1cc(-c2cc3c(cc2N)N(C)S(=O)(=O)CC3)ccn1. The average Bonchev–Trinajstić information content (AvgIpc) is 2.43. The number of aromatic nitrogens is 1. The molecule has 2 aromatic rings. The van der Waals surface area contributed by atoms with Gasteiger partial charge < -0.3 is 5.73 Å². The Morgan fingerprint density at radius 3 is 2.76 bits per heavy atom. The van der Waals surface area contributed by atoms with Crippen molar-refractivity contribution < 1.29 is 8.42 Å². The van der Waals surface area contributed by atoms with Gasteiger partial charge in [-0.1, -0.05) is 0 Å². The fourth-order valence-electron chi connectivity index (χ4n) is 2.63. The van der Waals surface area contributed by atoms with E-state index in [2.05, 4.69) is 4.98 Å². The number of sulfonamides is 1. The number of pyridine rings is 1. The molecule has 110 valence electrons. The Labute approximate surface area is 124 Å². The Bertz CT molecular complexity index is 816. The van der Waals surface area contributed by atoms with E-state index in [1.54, 1.807) is 19.3 Å². The maximum atomic E-state index is 11.9. The zero-order chi connectivity index (χ0) is 15.2. The molecule has 0 spiro atoms. The Kier molecular flexibility index (Phi) is 3.13. The van der Waals surface area contributed by atoms with Gasteiger partial charge in [0.25, 0.3) is 0 Å². The minimum atomic E-state index is -3.21. The minimum absolute atomic E-state index is 0.134. The molecule has 0 saturated carbocycles. The molecule has 0 unspecified atom stereocenters. The molecule has 3 rings (SSSR count). The van der Waals surface area contributed by atoms with Crippen LogP contribution in [0, 0.1) is 6.92 Å². The van der Waals surface area contributed by atoms with Gasteiger partial charge in [0.15, 0.2) is 0 Å². The maximum Gasteiger partial charge on any atom is 0.235 e. The van der Waals surface area contributed by atoms with E-state index in [0.29, 0.717) is 17.8 Å². The summed E-state index contributed by atoms with van der Waals surface area (Å²) in [6, 6.07) is 7.62. The standard InChI is InChI=1S/C15H17N3O2S/c1-10-7-11(3-5-17-10)13-8-12-4-6-21(19,20)18(2)15(12)9-14(13)16/h3,5,7-9H,4,6,16H2,1-2H3. The number of nitrogens with zero attached hydrogens (tertiary/aromatic N) is 2. The van der Waals surface area contributed by atoms with E-state index in [0.717, 1.165) is 22.4 Å². The maximum absolute atomic E-state index is 11.9. The second kappa shape index (κ2) is 4.73. The fraction of sp³-hybridized carbons (Fsp3) is 0.267. The first-order valence-electron chi connectivity index (χ1n) is 6.70. The van der Waals surface area contributed by atoms with Gasteiger partial charge in [-0.3, -0.25) is 9.29 Å². The summed E-state index contributed by atoms with van der Waals surface area (Å²) in [5, 5.41) is 0. The number of aryl methyl sites for hydroxylation is 2. The van der Waals surface area contributed by atoms with Crippen LogP contribution in [-0.2, 0) is 16.4 Å². The first kappa shape index (κ1) is 13.9. The lowest BCUT2D eigenvalue weighted by Gasteiger charge is -2.28. The number of hydrogen-bond acceptors (Lipinski definition) is 4. The molecule has 0 bridgehead atoms. The molecule has 1 aliphatic rings. The van der Waals surface area contributed by atoms with Crippen molar-refractivity contribution in [2.75, 3.05) is 22.8 Å². The van der Waals surface area contributed by atoms with Crippen LogP contribution in [0.3, 0.4) is 0 Å². The lowest BCUT2D eigenvalue weighted by atomic mass is 9.98. The summed E-state index contributed by atoms with van der Waals surface area (Å²) >= 11 is 0. The van der Waals surface area contributed by atoms with E-state index >= 15 is 0 Å². The molecule has 0 saturated heterocycles. The Morgan fingerprint density at radius 1 is 1.29 bits per heavy atom. The number of rotatable bonds is 1. The van der Waals surface area contributed by atoms with Crippen LogP contribution in [-0.4, -0.2) is 26.2 Å². The molecule has 0 amide bonds. The number of fused-ring (bicyclic) bond motifs is 1. The highest BCUT2D eigenvalue weighted by atomic mass is 32.2. The monoisotopic (exact) mass is 303 g/mol. The van der Waals surface area contributed by atoms with Crippen LogP contribution in [0.25, 0.3) is 11.1 Å². The van der Waals surface area contributed by atoms with Gasteiger partial charge >= 0.3 is 0 Å². The van der Waals surface area contributed by atoms with Crippen LogP contribution in [0.5, 0.6) is 0 Å². The second-order valence-electron chi connectivity index (χ2n) is 5.29. The molecule has 0 fully saturated rings. The predicted octanol–water partition coefficient (Wildman–Crippen LogP) is 1.96. The number of benzene rings is 1. The Balaban J connectivity index is 2.16.